The standard InChI is InChI=1S/C21H29N5O3S/c1-16-6-8-17(9-7-16)23-20(28)21-25-24-19(30-21)15-29-14-18(27)22-10-5-13-26-11-3-2-4-12-26/h6-9H,2-5,10-15H2,1H3,(H,22,27)(H,23,28). The van der Waals surface area contributed by atoms with E-state index in [1.165, 1.54) is 32.4 Å². The lowest BCUT2D eigenvalue weighted by Crippen LogP contribution is -2.34. The highest BCUT2D eigenvalue weighted by Crippen LogP contribution is 2.14. The first-order chi connectivity index (χ1) is 14.6. The van der Waals surface area contributed by atoms with Gasteiger partial charge < -0.3 is 20.3 Å². The first-order valence-corrected chi connectivity index (χ1v) is 11.2. The number of nitrogens with one attached hydrogen (secondary N) is 2. The van der Waals surface area contributed by atoms with Crippen LogP contribution >= 0.6 is 11.3 Å². The number of aryl methyl sites for hydroxylation is 1. The lowest BCUT2D eigenvalue weighted by atomic mass is 10.1. The van der Waals surface area contributed by atoms with E-state index in [-0.39, 0.29) is 30.0 Å². The third-order valence-corrected chi connectivity index (χ3v) is 5.75. The number of nitrogens with zero attached hydrogens (tertiary/aromatic N) is 3. The molecule has 162 valence electrons. The van der Waals surface area contributed by atoms with Crippen molar-refractivity contribution in [3.63, 3.8) is 0 Å². The van der Waals surface area contributed by atoms with E-state index in [0.29, 0.717) is 17.2 Å². The summed E-state index contributed by atoms with van der Waals surface area (Å²) in [5, 5.41) is 14.3. The van der Waals surface area contributed by atoms with Crippen molar-refractivity contribution in [3.05, 3.63) is 39.8 Å². The Bertz CT molecular complexity index is 818. The Morgan fingerprint density at radius 2 is 1.90 bits per heavy atom. The Hall–Kier alpha value is -2.36. The molecule has 1 fully saturated rings. The predicted molar refractivity (Wildman–Crippen MR) is 117 cm³/mol. The summed E-state index contributed by atoms with van der Waals surface area (Å²) in [4.78, 5) is 26.6. The minimum absolute atomic E-state index is 0.0335. The number of benzene rings is 1. The summed E-state index contributed by atoms with van der Waals surface area (Å²) in [5.74, 6) is -0.454. The average Bonchev–Trinajstić information content (AvgIpc) is 3.23. The normalized spacial score (nSPS) is 14.4. The summed E-state index contributed by atoms with van der Waals surface area (Å²) in [5.41, 5.74) is 1.82. The predicted octanol–water partition coefficient (Wildman–Crippen LogP) is 2.61. The maximum Gasteiger partial charge on any atom is 0.286 e. The number of rotatable bonds is 10. The minimum Gasteiger partial charge on any atom is -0.364 e. The van der Waals surface area contributed by atoms with E-state index in [9.17, 15) is 9.59 Å². The maximum absolute atomic E-state index is 12.2. The Balaban J connectivity index is 1.30. The van der Waals surface area contributed by atoms with Crippen LogP contribution in [-0.2, 0) is 16.1 Å². The third kappa shape index (κ3) is 7.47. The van der Waals surface area contributed by atoms with Crippen LogP contribution in [0, 0.1) is 6.92 Å². The number of hydrogen-bond acceptors (Lipinski definition) is 7. The van der Waals surface area contributed by atoms with Gasteiger partial charge in [-0.25, -0.2) is 0 Å². The van der Waals surface area contributed by atoms with E-state index in [4.69, 9.17) is 4.74 Å². The number of amides is 2. The van der Waals surface area contributed by atoms with Crippen LogP contribution in [0.4, 0.5) is 5.69 Å². The van der Waals surface area contributed by atoms with Gasteiger partial charge in [0.05, 0.1) is 0 Å². The summed E-state index contributed by atoms with van der Waals surface area (Å²) in [7, 11) is 0. The Kier molecular flexibility index (Phi) is 8.73. The summed E-state index contributed by atoms with van der Waals surface area (Å²) in [6.45, 7) is 6.12. The molecule has 1 aliphatic heterocycles. The molecule has 8 nitrogen and oxygen atoms in total. The first-order valence-electron chi connectivity index (χ1n) is 10.4. The summed E-state index contributed by atoms with van der Waals surface area (Å²) >= 11 is 1.16. The number of anilines is 1. The molecule has 3 rings (SSSR count). The molecule has 1 aliphatic rings. The highest BCUT2D eigenvalue weighted by Gasteiger charge is 2.14. The van der Waals surface area contributed by atoms with Crippen molar-refractivity contribution in [2.75, 3.05) is 38.1 Å². The zero-order valence-corrected chi connectivity index (χ0v) is 18.2. The van der Waals surface area contributed by atoms with Gasteiger partial charge in [-0.1, -0.05) is 35.5 Å². The van der Waals surface area contributed by atoms with Crippen LogP contribution in [0.1, 0.15) is 46.1 Å². The second-order valence-corrected chi connectivity index (χ2v) is 8.48. The molecule has 0 bridgehead atoms. The van der Waals surface area contributed by atoms with Gasteiger partial charge in [-0.05, 0) is 58.0 Å². The monoisotopic (exact) mass is 431 g/mol. The number of ether oxygens (including phenoxy) is 1. The smallest absolute Gasteiger partial charge is 0.286 e. The van der Waals surface area contributed by atoms with Crippen molar-refractivity contribution in [2.45, 2.75) is 39.2 Å². The SMILES string of the molecule is Cc1ccc(NC(=O)c2nnc(COCC(=O)NCCCN3CCCCC3)s2)cc1. The Morgan fingerprint density at radius 1 is 1.13 bits per heavy atom. The van der Waals surface area contributed by atoms with Crippen molar-refractivity contribution in [3.8, 4) is 0 Å². The zero-order valence-electron chi connectivity index (χ0n) is 17.4. The van der Waals surface area contributed by atoms with Crippen LogP contribution in [0.15, 0.2) is 24.3 Å². The van der Waals surface area contributed by atoms with Crippen molar-refractivity contribution < 1.29 is 14.3 Å². The summed E-state index contributed by atoms with van der Waals surface area (Å²) < 4.78 is 5.41. The lowest BCUT2D eigenvalue weighted by Gasteiger charge is -2.26. The van der Waals surface area contributed by atoms with Crippen LogP contribution in [0.2, 0.25) is 0 Å². The lowest BCUT2D eigenvalue weighted by molar-refractivity contribution is -0.126. The third-order valence-electron chi connectivity index (χ3n) is 4.85. The van der Waals surface area contributed by atoms with Gasteiger partial charge >= 0.3 is 0 Å². The van der Waals surface area contributed by atoms with Crippen LogP contribution in [-0.4, -0.2) is 59.7 Å². The molecule has 2 aromatic rings. The van der Waals surface area contributed by atoms with E-state index in [0.717, 1.165) is 29.9 Å². The molecule has 1 saturated heterocycles. The fraction of sp³-hybridized carbons (Fsp3) is 0.524. The van der Waals surface area contributed by atoms with Gasteiger partial charge in [-0.2, -0.15) is 0 Å². The van der Waals surface area contributed by atoms with Gasteiger partial charge in [0.1, 0.15) is 18.2 Å². The number of carbonyl (C=O) groups is 2. The first kappa shape index (κ1) is 22.3. The second-order valence-electron chi connectivity index (χ2n) is 7.42. The topological polar surface area (TPSA) is 96.5 Å². The van der Waals surface area contributed by atoms with Crippen LogP contribution < -0.4 is 10.6 Å². The van der Waals surface area contributed by atoms with Crippen LogP contribution in [0.25, 0.3) is 0 Å². The van der Waals surface area contributed by atoms with Gasteiger partial charge in [-0.15, -0.1) is 10.2 Å². The number of aromatic nitrogens is 2. The molecule has 0 spiro atoms. The minimum atomic E-state index is -0.311. The average molecular weight is 432 g/mol. The van der Waals surface area contributed by atoms with Gasteiger partial charge in [0.2, 0.25) is 10.9 Å². The summed E-state index contributed by atoms with van der Waals surface area (Å²) in [6, 6.07) is 7.52. The molecule has 2 heterocycles. The quantitative estimate of drug-likeness (QED) is 0.562. The van der Waals surface area contributed by atoms with E-state index in [1.807, 2.05) is 31.2 Å². The van der Waals surface area contributed by atoms with Crippen LogP contribution in [0.5, 0.6) is 0 Å². The maximum atomic E-state index is 12.2. The Morgan fingerprint density at radius 3 is 2.67 bits per heavy atom. The van der Waals surface area contributed by atoms with Crippen molar-refractivity contribution in [2.24, 2.45) is 0 Å². The van der Waals surface area contributed by atoms with Crippen molar-refractivity contribution >= 4 is 28.8 Å². The molecule has 0 unspecified atom stereocenters. The molecular formula is C21H29N5O3S. The molecule has 2 N–H and O–H groups in total. The second kappa shape index (κ2) is 11.7. The Labute approximate surface area is 181 Å². The zero-order chi connectivity index (χ0) is 21.2. The number of piperidine rings is 1. The molecule has 0 saturated carbocycles. The van der Waals surface area contributed by atoms with E-state index >= 15 is 0 Å². The largest absolute Gasteiger partial charge is 0.364 e. The van der Waals surface area contributed by atoms with E-state index in [2.05, 4.69) is 25.7 Å². The van der Waals surface area contributed by atoms with Gasteiger partial charge in [0.25, 0.3) is 5.91 Å². The highest BCUT2D eigenvalue weighted by molar-refractivity contribution is 7.13. The number of likely N-dealkylation sites (tertiary alicyclic amines) is 1. The molecule has 9 heteroatoms. The van der Waals surface area contributed by atoms with Crippen LogP contribution in [0.3, 0.4) is 0 Å². The van der Waals surface area contributed by atoms with E-state index < -0.39 is 0 Å². The molecule has 0 aliphatic carbocycles. The molecule has 2 amide bonds. The molecule has 1 aromatic carbocycles. The van der Waals surface area contributed by atoms with E-state index in [1.54, 1.807) is 0 Å². The fourth-order valence-corrected chi connectivity index (χ4v) is 3.89. The fourth-order valence-electron chi connectivity index (χ4n) is 3.22. The molecular weight excluding hydrogens is 402 g/mol. The molecule has 0 radical (unpaired) electrons. The molecule has 30 heavy (non-hydrogen) atoms. The molecule has 1 aromatic heterocycles. The van der Waals surface area contributed by atoms with Gasteiger partial charge in [0.15, 0.2) is 0 Å². The number of hydrogen-bond donors (Lipinski definition) is 2. The molecule has 0 atom stereocenters. The van der Waals surface area contributed by atoms with Gasteiger partial charge in [0, 0.05) is 12.2 Å². The highest BCUT2D eigenvalue weighted by atomic mass is 32.1. The van der Waals surface area contributed by atoms with Crippen molar-refractivity contribution in [1.29, 1.82) is 0 Å². The van der Waals surface area contributed by atoms with Crippen molar-refractivity contribution in [1.82, 2.24) is 20.4 Å². The number of carbonyl (C=O) groups excluding carboxylic acids is 2. The van der Waals surface area contributed by atoms with Gasteiger partial charge in [-0.3, -0.25) is 9.59 Å². The summed E-state index contributed by atoms with van der Waals surface area (Å²) in [6.07, 6.45) is 4.84.